The molecule has 0 atom stereocenters. The number of thiocarbonyl (C=S) groups is 3. The highest BCUT2D eigenvalue weighted by Gasteiger charge is 1.99. The third kappa shape index (κ3) is 14.6. The summed E-state index contributed by atoms with van der Waals surface area (Å²) in [6, 6.07) is 12.9. The molecule has 0 spiro atoms. The first-order valence-corrected chi connectivity index (χ1v) is 12.3. The van der Waals surface area contributed by atoms with Crippen molar-refractivity contribution in [1.82, 2.24) is 16.3 Å². The van der Waals surface area contributed by atoms with E-state index >= 15 is 0 Å². The molecule has 0 heterocycles. The Bertz CT molecular complexity index is 1310. The van der Waals surface area contributed by atoms with Crippen LogP contribution in [0.25, 0.3) is 0 Å². The van der Waals surface area contributed by atoms with Crippen molar-refractivity contribution in [3.05, 3.63) is 71.3 Å². The van der Waals surface area contributed by atoms with Crippen LogP contribution in [-0.4, -0.2) is 64.6 Å². The number of aromatic hydroxyl groups is 6. The number of nitrogens with zero attached hydrogens (tertiary/aromatic N) is 3. The summed E-state index contributed by atoms with van der Waals surface area (Å²) in [4.78, 5) is 0. The van der Waals surface area contributed by atoms with Crippen molar-refractivity contribution in [3.8, 4) is 34.5 Å². The Morgan fingerprint density at radius 1 is 0.476 bits per heavy atom. The van der Waals surface area contributed by atoms with Gasteiger partial charge in [-0.3, -0.25) is 16.3 Å². The van der Waals surface area contributed by atoms with Crippen molar-refractivity contribution >= 4 is 70.6 Å². The van der Waals surface area contributed by atoms with Gasteiger partial charge in [-0.05, 0) is 108 Å². The SMILES string of the molecule is NC(=S)N/N=C/c1ccc(O)c(O)c1.NC(=S)N/N=C/c1ccc(O)c(O)c1.NC(=S)N/N=C/c1ccc(O)c(O)c1. The van der Waals surface area contributed by atoms with Gasteiger partial charge in [-0.25, -0.2) is 0 Å². The van der Waals surface area contributed by atoms with Crippen LogP contribution in [0.1, 0.15) is 16.7 Å². The topological polar surface area (TPSA) is 273 Å². The first kappa shape index (κ1) is 34.6. The van der Waals surface area contributed by atoms with Crippen molar-refractivity contribution in [2.45, 2.75) is 0 Å². The molecule has 0 aromatic heterocycles. The van der Waals surface area contributed by atoms with Crippen LogP contribution in [0, 0.1) is 0 Å². The summed E-state index contributed by atoms with van der Waals surface area (Å²) in [6.45, 7) is 0. The molecule has 222 valence electrons. The molecule has 0 unspecified atom stereocenters. The van der Waals surface area contributed by atoms with Gasteiger partial charge in [0.15, 0.2) is 49.8 Å². The number of benzene rings is 3. The van der Waals surface area contributed by atoms with Gasteiger partial charge >= 0.3 is 0 Å². The summed E-state index contributed by atoms with van der Waals surface area (Å²) in [5.41, 5.74) is 24.3. The van der Waals surface area contributed by atoms with Crippen LogP contribution >= 0.6 is 36.7 Å². The zero-order valence-corrected chi connectivity index (χ0v) is 23.9. The molecular formula is C24H27N9O6S3. The first-order chi connectivity index (χ1) is 19.8. The fraction of sp³-hybridized carbons (Fsp3) is 0. The third-order valence-corrected chi connectivity index (χ3v) is 4.44. The summed E-state index contributed by atoms with van der Waals surface area (Å²) < 4.78 is 0. The van der Waals surface area contributed by atoms with E-state index in [9.17, 15) is 0 Å². The maximum atomic E-state index is 9.13. The third-order valence-electron chi connectivity index (χ3n) is 4.16. The number of phenols is 6. The molecule has 0 fully saturated rings. The fourth-order valence-electron chi connectivity index (χ4n) is 2.37. The van der Waals surface area contributed by atoms with Crippen LogP contribution in [-0.2, 0) is 0 Å². The minimum absolute atomic E-state index is 0.0595. The minimum Gasteiger partial charge on any atom is -0.504 e. The Balaban J connectivity index is 0.000000315. The van der Waals surface area contributed by atoms with Gasteiger partial charge in [-0.15, -0.1) is 0 Å². The Kier molecular flexibility index (Phi) is 14.8. The molecule has 0 amide bonds. The first-order valence-electron chi connectivity index (χ1n) is 11.1. The lowest BCUT2D eigenvalue weighted by molar-refractivity contribution is 0.403. The van der Waals surface area contributed by atoms with Gasteiger partial charge in [0.1, 0.15) is 0 Å². The zero-order chi connectivity index (χ0) is 31.7. The predicted octanol–water partition coefficient (Wildman–Crippen LogP) is 0.795. The summed E-state index contributed by atoms with van der Waals surface area (Å²) in [7, 11) is 0. The van der Waals surface area contributed by atoms with Crippen molar-refractivity contribution in [2.24, 2.45) is 32.5 Å². The van der Waals surface area contributed by atoms with Gasteiger partial charge in [0.2, 0.25) is 0 Å². The summed E-state index contributed by atoms with van der Waals surface area (Å²) >= 11 is 13.6. The predicted molar refractivity (Wildman–Crippen MR) is 172 cm³/mol. The van der Waals surface area contributed by atoms with E-state index in [1.165, 1.54) is 55.0 Å². The van der Waals surface area contributed by atoms with Crippen LogP contribution in [0.5, 0.6) is 34.5 Å². The van der Waals surface area contributed by atoms with E-state index < -0.39 is 0 Å². The molecule has 3 aromatic rings. The average molecular weight is 634 g/mol. The Morgan fingerprint density at radius 2 is 0.714 bits per heavy atom. The van der Waals surface area contributed by atoms with Crippen LogP contribution in [0.2, 0.25) is 0 Å². The van der Waals surface area contributed by atoms with Crippen LogP contribution in [0.15, 0.2) is 69.9 Å². The largest absolute Gasteiger partial charge is 0.504 e. The zero-order valence-electron chi connectivity index (χ0n) is 21.4. The van der Waals surface area contributed by atoms with E-state index in [0.717, 1.165) is 0 Å². The summed E-state index contributed by atoms with van der Waals surface area (Å²) in [5.74, 6) is -1.14. The van der Waals surface area contributed by atoms with Gasteiger partial charge < -0.3 is 47.8 Å². The standard InChI is InChI=1S/3C8H9N3O2S/c3*9-8(14)11-10-4-5-1-2-6(12)7(13)3-5/h3*1-4,12-13H,(H3,9,11,14)/b3*10-4+. The van der Waals surface area contributed by atoms with Gasteiger partial charge in [-0.1, -0.05) is 0 Å². The molecular weight excluding hydrogens is 607 g/mol. The second-order valence-electron chi connectivity index (χ2n) is 7.45. The van der Waals surface area contributed by atoms with Crippen molar-refractivity contribution in [1.29, 1.82) is 0 Å². The highest BCUT2D eigenvalue weighted by atomic mass is 32.1. The normalized spacial score (nSPS) is 10.3. The number of nitrogens with two attached hydrogens (primary N) is 3. The number of hydrogen-bond acceptors (Lipinski definition) is 12. The molecule has 0 aliphatic carbocycles. The number of hydrazone groups is 3. The summed E-state index contributed by atoms with van der Waals surface area (Å²) in [6.07, 6.45) is 4.24. The molecule has 42 heavy (non-hydrogen) atoms. The van der Waals surface area contributed by atoms with Crippen LogP contribution in [0.3, 0.4) is 0 Å². The number of hydrogen-bond donors (Lipinski definition) is 12. The van der Waals surface area contributed by atoms with Crippen molar-refractivity contribution in [3.63, 3.8) is 0 Å². The smallest absolute Gasteiger partial charge is 0.184 e. The van der Waals surface area contributed by atoms with Gasteiger partial charge in [-0.2, -0.15) is 15.3 Å². The van der Waals surface area contributed by atoms with Gasteiger partial charge in [0, 0.05) is 0 Å². The Labute approximate surface area is 255 Å². The molecule has 3 rings (SSSR count). The average Bonchev–Trinajstić information content (AvgIpc) is 2.90. The second-order valence-corrected chi connectivity index (χ2v) is 8.77. The van der Waals surface area contributed by atoms with Gasteiger partial charge in [0.05, 0.1) is 18.6 Å². The maximum absolute atomic E-state index is 9.13. The Morgan fingerprint density at radius 3 is 0.905 bits per heavy atom. The highest BCUT2D eigenvalue weighted by molar-refractivity contribution is 7.80. The quantitative estimate of drug-likeness (QED) is 0.0774. The lowest BCUT2D eigenvalue weighted by Gasteiger charge is -1.98. The molecule has 15 nitrogen and oxygen atoms in total. The minimum atomic E-state index is -0.204. The van der Waals surface area contributed by atoms with E-state index in [2.05, 4.69) is 68.2 Å². The molecule has 15 N–H and O–H groups in total. The summed E-state index contributed by atoms with van der Waals surface area (Å²) in [5, 5.41) is 65.6. The van der Waals surface area contributed by atoms with E-state index in [4.69, 9.17) is 47.8 Å². The maximum Gasteiger partial charge on any atom is 0.184 e. The molecule has 0 saturated carbocycles. The van der Waals surface area contributed by atoms with Crippen LogP contribution in [0.4, 0.5) is 0 Å². The molecule has 0 aliphatic rings. The lowest BCUT2D eigenvalue weighted by atomic mass is 10.2. The Hall–Kier alpha value is -5.46. The number of nitrogens with one attached hydrogen (secondary N) is 3. The van der Waals surface area contributed by atoms with E-state index in [0.29, 0.717) is 16.7 Å². The van der Waals surface area contributed by atoms with E-state index in [1.54, 1.807) is 18.2 Å². The highest BCUT2D eigenvalue weighted by Crippen LogP contribution is 2.25. The lowest BCUT2D eigenvalue weighted by Crippen LogP contribution is -2.23. The monoisotopic (exact) mass is 633 g/mol. The van der Waals surface area contributed by atoms with Crippen molar-refractivity contribution in [2.75, 3.05) is 0 Å². The van der Waals surface area contributed by atoms with Crippen molar-refractivity contribution < 1.29 is 30.6 Å². The number of rotatable bonds is 6. The molecule has 3 aromatic carbocycles. The molecule has 0 saturated heterocycles. The number of phenolic OH excluding ortho intramolecular Hbond substituents is 6. The second kappa shape index (κ2) is 18.0. The van der Waals surface area contributed by atoms with Gasteiger partial charge in [0.25, 0.3) is 0 Å². The molecule has 0 radical (unpaired) electrons. The van der Waals surface area contributed by atoms with Crippen LogP contribution < -0.4 is 33.5 Å². The van der Waals surface area contributed by atoms with E-state index in [-0.39, 0.29) is 49.8 Å². The molecule has 18 heteroatoms. The molecule has 0 bridgehead atoms. The van der Waals surface area contributed by atoms with E-state index in [1.807, 2.05) is 0 Å². The molecule has 0 aliphatic heterocycles. The fourth-order valence-corrected chi connectivity index (χ4v) is 2.53.